The van der Waals surface area contributed by atoms with Crippen molar-refractivity contribution in [1.29, 1.82) is 0 Å². The number of piperidine rings is 1. The Balaban J connectivity index is 1.91. The monoisotopic (exact) mass is 306 g/mol. The maximum absolute atomic E-state index is 12.4. The smallest absolute Gasteiger partial charge is 0.261 e. The number of amides is 1. The van der Waals surface area contributed by atoms with Gasteiger partial charge in [-0.05, 0) is 51.5 Å². The first-order valence-electron chi connectivity index (χ1n) is 7.92. The lowest BCUT2D eigenvalue weighted by Gasteiger charge is -2.30. The van der Waals surface area contributed by atoms with E-state index in [-0.39, 0.29) is 11.9 Å². The second kappa shape index (κ2) is 8.03. The summed E-state index contributed by atoms with van der Waals surface area (Å²) in [7, 11) is 3.72. The van der Waals surface area contributed by atoms with E-state index in [1.165, 1.54) is 0 Å². The van der Waals surface area contributed by atoms with E-state index >= 15 is 0 Å². The largest absolute Gasteiger partial charge is 0.497 e. The second-order valence-corrected chi connectivity index (χ2v) is 5.78. The summed E-state index contributed by atoms with van der Waals surface area (Å²) in [5.74, 6) is 1.35. The Morgan fingerprint density at radius 1 is 1.36 bits per heavy atom. The molecule has 1 amide bonds. The van der Waals surface area contributed by atoms with Gasteiger partial charge in [-0.15, -0.1) is 0 Å². The SMILES string of the molecule is CC[C@H](Oc1cccc(OC)c1)C(=O)NC1CCN(C)CC1. The molecular formula is C17H26N2O3. The number of rotatable bonds is 6. The highest BCUT2D eigenvalue weighted by Crippen LogP contribution is 2.21. The predicted octanol–water partition coefficient (Wildman–Crippen LogP) is 2.06. The lowest BCUT2D eigenvalue weighted by molar-refractivity contribution is -0.129. The molecule has 22 heavy (non-hydrogen) atoms. The van der Waals surface area contributed by atoms with Crippen LogP contribution in [0, 0.1) is 0 Å². The molecule has 1 heterocycles. The van der Waals surface area contributed by atoms with Crippen molar-refractivity contribution in [3.05, 3.63) is 24.3 Å². The van der Waals surface area contributed by atoms with Gasteiger partial charge in [0.15, 0.2) is 6.10 Å². The van der Waals surface area contributed by atoms with Gasteiger partial charge < -0.3 is 19.7 Å². The maximum Gasteiger partial charge on any atom is 0.261 e. The second-order valence-electron chi connectivity index (χ2n) is 5.78. The Labute approximate surface area is 132 Å². The fourth-order valence-electron chi connectivity index (χ4n) is 2.61. The van der Waals surface area contributed by atoms with Crippen molar-refractivity contribution in [2.75, 3.05) is 27.2 Å². The molecule has 5 nitrogen and oxygen atoms in total. The average molecular weight is 306 g/mol. The minimum atomic E-state index is -0.466. The van der Waals surface area contributed by atoms with Crippen LogP contribution < -0.4 is 14.8 Å². The summed E-state index contributed by atoms with van der Waals surface area (Å²) in [5.41, 5.74) is 0. The van der Waals surface area contributed by atoms with Crippen molar-refractivity contribution in [2.45, 2.75) is 38.3 Å². The molecule has 122 valence electrons. The molecule has 1 aliphatic rings. The average Bonchev–Trinajstić information content (AvgIpc) is 2.54. The third-order valence-electron chi connectivity index (χ3n) is 4.05. The molecule has 2 rings (SSSR count). The highest BCUT2D eigenvalue weighted by atomic mass is 16.5. The van der Waals surface area contributed by atoms with Gasteiger partial charge in [0.25, 0.3) is 5.91 Å². The third kappa shape index (κ3) is 4.63. The van der Waals surface area contributed by atoms with Crippen molar-refractivity contribution in [1.82, 2.24) is 10.2 Å². The fourth-order valence-corrected chi connectivity index (χ4v) is 2.61. The maximum atomic E-state index is 12.4. The number of nitrogens with one attached hydrogen (secondary N) is 1. The van der Waals surface area contributed by atoms with Gasteiger partial charge in [-0.3, -0.25) is 4.79 Å². The van der Waals surface area contributed by atoms with Crippen LogP contribution in [-0.2, 0) is 4.79 Å². The van der Waals surface area contributed by atoms with Crippen molar-refractivity contribution in [3.8, 4) is 11.5 Å². The molecule has 0 saturated carbocycles. The van der Waals surface area contributed by atoms with E-state index in [9.17, 15) is 4.79 Å². The Morgan fingerprint density at radius 2 is 2.05 bits per heavy atom. The van der Waals surface area contributed by atoms with Crippen LogP contribution in [0.2, 0.25) is 0 Å². The van der Waals surface area contributed by atoms with E-state index in [0.29, 0.717) is 12.2 Å². The van der Waals surface area contributed by atoms with Crippen LogP contribution >= 0.6 is 0 Å². The molecule has 1 fully saturated rings. The standard InChI is InChI=1S/C17H26N2O3/c1-4-16(22-15-7-5-6-14(12-15)21-3)17(20)18-13-8-10-19(2)11-9-13/h5-7,12-13,16H,4,8-11H2,1-3H3,(H,18,20)/t16-/m0/s1. The van der Waals surface area contributed by atoms with Crippen molar-refractivity contribution >= 4 is 5.91 Å². The van der Waals surface area contributed by atoms with Gasteiger partial charge in [-0.1, -0.05) is 13.0 Å². The number of hydrogen-bond donors (Lipinski definition) is 1. The zero-order chi connectivity index (χ0) is 15.9. The number of hydrogen-bond acceptors (Lipinski definition) is 4. The summed E-state index contributed by atoms with van der Waals surface area (Å²) >= 11 is 0. The van der Waals surface area contributed by atoms with Crippen LogP contribution in [0.4, 0.5) is 0 Å². The number of methoxy groups -OCH3 is 1. The number of benzene rings is 1. The fraction of sp³-hybridized carbons (Fsp3) is 0.588. The van der Waals surface area contributed by atoms with E-state index in [2.05, 4.69) is 17.3 Å². The van der Waals surface area contributed by atoms with Gasteiger partial charge in [0.05, 0.1) is 7.11 Å². The number of ether oxygens (including phenoxy) is 2. The summed E-state index contributed by atoms with van der Waals surface area (Å²) in [6, 6.07) is 7.61. The molecule has 0 unspecified atom stereocenters. The highest BCUT2D eigenvalue weighted by Gasteiger charge is 2.24. The summed E-state index contributed by atoms with van der Waals surface area (Å²) in [5, 5.41) is 3.12. The van der Waals surface area contributed by atoms with Crippen molar-refractivity contribution in [2.24, 2.45) is 0 Å². The molecule has 1 aromatic carbocycles. The third-order valence-corrected chi connectivity index (χ3v) is 4.05. The highest BCUT2D eigenvalue weighted by molar-refractivity contribution is 5.81. The molecular weight excluding hydrogens is 280 g/mol. The Bertz CT molecular complexity index is 485. The quantitative estimate of drug-likeness (QED) is 0.874. The summed E-state index contributed by atoms with van der Waals surface area (Å²) < 4.78 is 11.0. The minimum Gasteiger partial charge on any atom is -0.497 e. The molecule has 1 atom stereocenters. The van der Waals surface area contributed by atoms with Crippen LogP contribution in [0.25, 0.3) is 0 Å². The molecule has 0 radical (unpaired) electrons. The van der Waals surface area contributed by atoms with E-state index in [1.807, 2.05) is 25.1 Å². The molecule has 5 heteroatoms. The van der Waals surface area contributed by atoms with E-state index < -0.39 is 6.10 Å². The number of likely N-dealkylation sites (tertiary alicyclic amines) is 1. The Morgan fingerprint density at radius 3 is 2.68 bits per heavy atom. The zero-order valence-corrected chi connectivity index (χ0v) is 13.7. The van der Waals surface area contributed by atoms with Gasteiger partial charge in [0.1, 0.15) is 11.5 Å². The van der Waals surface area contributed by atoms with Crippen molar-refractivity contribution in [3.63, 3.8) is 0 Å². The normalized spacial score (nSPS) is 17.8. The van der Waals surface area contributed by atoms with Gasteiger partial charge in [0, 0.05) is 12.1 Å². The molecule has 0 aliphatic carbocycles. The van der Waals surface area contributed by atoms with Gasteiger partial charge in [-0.25, -0.2) is 0 Å². The Kier molecular flexibility index (Phi) is 6.07. The van der Waals surface area contributed by atoms with Crippen LogP contribution in [0.3, 0.4) is 0 Å². The van der Waals surface area contributed by atoms with Gasteiger partial charge in [-0.2, -0.15) is 0 Å². The van der Waals surface area contributed by atoms with Crippen LogP contribution in [0.1, 0.15) is 26.2 Å². The van der Waals surface area contributed by atoms with Crippen LogP contribution in [0.5, 0.6) is 11.5 Å². The first kappa shape index (κ1) is 16.6. The zero-order valence-electron chi connectivity index (χ0n) is 13.7. The summed E-state index contributed by atoms with van der Waals surface area (Å²) in [6.45, 7) is 4.01. The minimum absolute atomic E-state index is 0.0279. The molecule has 1 aromatic rings. The van der Waals surface area contributed by atoms with E-state index in [4.69, 9.17) is 9.47 Å². The molecule has 1 N–H and O–H groups in total. The molecule has 1 aliphatic heterocycles. The van der Waals surface area contributed by atoms with E-state index in [1.54, 1.807) is 13.2 Å². The predicted molar refractivity (Wildman–Crippen MR) is 86.4 cm³/mol. The van der Waals surface area contributed by atoms with Gasteiger partial charge in [0.2, 0.25) is 0 Å². The van der Waals surface area contributed by atoms with Crippen molar-refractivity contribution < 1.29 is 14.3 Å². The first-order valence-corrected chi connectivity index (χ1v) is 7.92. The first-order chi connectivity index (χ1) is 10.6. The molecule has 0 aromatic heterocycles. The van der Waals surface area contributed by atoms with Gasteiger partial charge >= 0.3 is 0 Å². The molecule has 0 spiro atoms. The lowest BCUT2D eigenvalue weighted by atomic mass is 10.1. The van der Waals surface area contributed by atoms with Crippen LogP contribution in [-0.4, -0.2) is 50.2 Å². The molecule has 1 saturated heterocycles. The summed E-state index contributed by atoms with van der Waals surface area (Å²) in [6.07, 6.45) is 2.16. The number of nitrogens with zero attached hydrogens (tertiary/aromatic N) is 1. The van der Waals surface area contributed by atoms with E-state index in [0.717, 1.165) is 31.7 Å². The topological polar surface area (TPSA) is 50.8 Å². The lowest BCUT2D eigenvalue weighted by Crippen LogP contribution is -2.47. The molecule has 0 bridgehead atoms. The number of carbonyl (C=O) groups excluding carboxylic acids is 1. The number of carbonyl (C=O) groups is 1. The Hall–Kier alpha value is -1.75. The van der Waals surface area contributed by atoms with Crippen LogP contribution in [0.15, 0.2) is 24.3 Å². The summed E-state index contributed by atoms with van der Waals surface area (Å²) in [4.78, 5) is 14.7.